The van der Waals surface area contributed by atoms with E-state index in [0.717, 1.165) is 25.9 Å². The van der Waals surface area contributed by atoms with E-state index >= 15 is 0 Å². The molecule has 1 aromatic rings. The van der Waals surface area contributed by atoms with E-state index in [1.165, 1.54) is 0 Å². The van der Waals surface area contributed by atoms with Crippen molar-refractivity contribution in [1.82, 2.24) is 10.2 Å². The molecule has 0 aromatic heterocycles. The summed E-state index contributed by atoms with van der Waals surface area (Å²) in [5.74, 6) is 0.360. The molecule has 0 spiro atoms. The minimum Gasteiger partial charge on any atom is -0.493 e. The first-order chi connectivity index (χ1) is 10.1. The molecule has 0 heterocycles. The Labute approximate surface area is 132 Å². The van der Waals surface area contributed by atoms with Crippen LogP contribution in [0.1, 0.15) is 44.0 Å². The zero-order valence-electron chi connectivity index (χ0n) is 13.0. The molecule has 0 saturated heterocycles. The molecular weight excluding hydrogens is 284 g/mol. The molecule has 0 radical (unpaired) electrons. The minimum absolute atomic E-state index is 0.221. The minimum atomic E-state index is -0.221. The summed E-state index contributed by atoms with van der Waals surface area (Å²) in [6.45, 7) is 8.30. The number of rotatable bonds is 7. The molecule has 0 bridgehead atoms. The van der Waals surface area contributed by atoms with Crippen molar-refractivity contribution in [3.05, 3.63) is 29.8 Å². The number of carbonyl (C=O) groups is 1. The van der Waals surface area contributed by atoms with Gasteiger partial charge in [-0.2, -0.15) is 0 Å². The Hall–Kier alpha value is -1.62. The van der Waals surface area contributed by atoms with Gasteiger partial charge in [-0.1, -0.05) is 26.0 Å². The molecule has 0 fully saturated rings. The zero-order chi connectivity index (χ0) is 15.7. The highest BCUT2D eigenvalue weighted by atomic mass is 32.1. The Kier molecular flexibility index (Phi) is 7.75. The van der Waals surface area contributed by atoms with Crippen LogP contribution in [-0.2, 0) is 0 Å². The largest absolute Gasteiger partial charge is 0.493 e. The standard InChI is InChI=1S/C16H24N2O2S/c1-4-11-18(12-5-2)16(21)17-15(19)13-9-7-8-10-14(13)20-6-3/h7-10H,4-6,11-12H2,1-3H3,(H,17,19,21). The second kappa shape index (κ2) is 9.34. The molecule has 1 rings (SSSR count). The smallest absolute Gasteiger partial charge is 0.261 e. The summed E-state index contributed by atoms with van der Waals surface area (Å²) < 4.78 is 5.48. The lowest BCUT2D eigenvalue weighted by atomic mass is 10.2. The van der Waals surface area contributed by atoms with Crippen molar-refractivity contribution in [3.63, 3.8) is 0 Å². The highest BCUT2D eigenvalue weighted by Crippen LogP contribution is 2.17. The fourth-order valence-corrected chi connectivity index (χ4v) is 2.31. The molecule has 1 aromatic carbocycles. The van der Waals surface area contributed by atoms with Crippen molar-refractivity contribution in [3.8, 4) is 5.75 Å². The van der Waals surface area contributed by atoms with Gasteiger partial charge in [-0.15, -0.1) is 0 Å². The van der Waals surface area contributed by atoms with Crippen LogP contribution in [-0.4, -0.2) is 35.6 Å². The van der Waals surface area contributed by atoms with Crippen LogP contribution in [0.4, 0.5) is 0 Å². The van der Waals surface area contributed by atoms with Crippen molar-refractivity contribution in [1.29, 1.82) is 0 Å². The van der Waals surface area contributed by atoms with E-state index in [4.69, 9.17) is 17.0 Å². The molecule has 0 aliphatic rings. The first-order valence-corrected chi connectivity index (χ1v) is 7.86. The van der Waals surface area contributed by atoms with Crippen molar-refractivity contribution in [2.24, 2.45) is 0 Å². The Bertz CT molecular complexity index is 471. The van der Waals surface area contributed by atoms with E-state index in [9.17, 15) is 4.79 Å². The molecule has 116 valence electrons. The molecule has 1 N–H and O–H groups in total. The van der Waals surface area contributed by atoms with Crippen molar-refractivity contribution in [2.45, 2.75) is 33.6 Å². The lowest BCUT2D eigenvalue weighted by molar-refractivity contribution is 0.0969. The van der Waals surface area contributed by atoms with E-state index < -0.39 is 0 Å². The van der Waals surface area contributed by atoms with Gasteiger partial charge >= 0.3 is 0 Å². The summed E-state index contributed by atoms with van der Waals surface area (Å²) in [5.41, 5.74) is 0.509. The number of hydrogen-bond donors (Lipinski definition) is 1. The zero-order valence-corrected chi connectivity index (χ0v) is 13.8. The third kappa shape index (κ3) is 5.34. The molecule has 5 heteroatoms. The van der Waals surface area contributed by atoms with E-state index in [1.54, 1.807) is 12.1 Å². The maximum Gasteiger partial charge on any atom is 0.261 e. The molecule has 0 atom stereocenters. The average Bonchev–Trinajstić information content (AvgIpc) is 2.47. The number of thiocarbonyl (C=S) groups is 1. The number of para-hydroxylation sites is 1. The van der Waals surface area contributed by atoms with E-state index in [0.29, 0.717) is 23.0 Å². The number of ether oxygens (including phenoxy) is 1. The van der Waals surface area contributed by atoms with E-state index in [1.807, 2.05) is 24.0 Å². The molecular formula is C16H24N2O2S. The van der Waals surface area contributed by atoms with Crippen LogP contribution >= 0.6 is 12.2 Å². The summed E-state index contributed by atoms with van der Waals surface area (Å²) in [5, 5.41) is 3.28. The highest BCUT2D eigenvalue weighted by molar-refractivity contribution is 7.80. The third-order valence-electron chi connectivity index (χ3n) is 2.93. The lowest BCUT2D eigenvalue weighted by Gasteiger charge is -2.24. The van der Waals surface area contributed by atoms with Gasteiger partial charge in [-0.05, 0) is 44.1 Å². The molecule has 1 amide bonds. The predicted octanol–water partition coefficient (Wildman–Crippen LogP) is 3.22. The number of amides is 1. The van der Waals surface area contributed by atoms with Crippen LogP contribution in [0, 0.1) is 0 Å². The molecule has 0 unspecified atom stereocenters. The molecule has 4 nitrogen and oxygen atoms in total. The van der Waals surface area contributed by atoms with Gasteiger partial charge in [0.2, 0.25) is 0 Å². The van der Waals surface area contributed by atoms with Gasteiger partial charge in [0.15, 0.2) is 5.11 Å². The van der Waals surface area contributed by atoms with Crippen LogP contribution in [0.15, 0.2) is 24.3 Å². The quantitative estimate of drug-likeness (QED) is 0.785. The maximum atomic E-state index is 12.4. The van der Waals surface area contributed by atoms with Crippen LogP contribution in [0.25, 0.3) is 0 Å². The molecule has 0 aliphatic carbocycles. The number of nitrogens with zero attached hydrogens (tertiary/aromatic N) is 1. The van der Waals surface area contributed by atoms with Gasteiger partial charge in [0.05, 0.1) is 12.2 Å². The van der Waals surface area contributed by atoms with Gasteiger partial charge in [0.25, 0.3) is 5.91 Å². The van der Waals surface area contributed by atoms with Gasteiger partial charge in [0, 0.05) is 13.1 Å². The first kappa shape index (κ1) is 17.4. The second-order valence-corrected chi connectivity index (χ2v) is 5.06. The van der Waals surface area contributed by atoms with Gasteiger partial charge in [0.1, 0.15) is 5.75 Å². The number of nitrogens with one attached hydrogen (secondary N) is 1. The van der Waals surface area contributed by atoms with Crippen LogP contribution in [0.2, 0.25) is 0 Å². The summed E-state index contributed by atoms with van der Waals surface area (Å²) in [6, 6.07) is 7.20. The summed E-state index contributed by atoms with van der Waals surface area (Å²) in [4.78, 5) is 14.4. The summed E-state index contributed by atoms with van der Waals surface area (Å²) >= 11 is 5.34. The first-order valence-electron chi connectivity index (χ1n) is 7.46. The Morgan fingerprint density at radius 3 is 2.38 bits per heavy atom. The fourth-order valence-electron chi connectivity index (χ4n) is 2.03. The average molecular weight is 308 g/mol. The van der Waals surface area contributed by atoms with Gasteiger partial charge < -0.3 is 9.64 Å². The normalized spacial score (nSPS) is 10.0. The van der Waals surface area contributed by atoms with E-state index in [-0.39, 0.29) is 5.91 Å². The van der Waals surface area contributed by atoms with Crippen LogP contribution < -0.4 is 10.1 Å². The van der Waals surface area contributed by atoms with Crippen molar-refractivity contribution in [2.75, 3.05) is 19.7 Å². The second-order valence-electron chi connectivity index (χ2n) is 4.68. The predicted molar refractivity (Wildman–Crippen MR) is 89.8 cm³/mol. The van der Waals surface area contributed by atoms with Gasteiger partial charge in [-0.3, -0.25) is 10.1 Å². The topological polar surface area (TPSA) is 41.6 Å². The third-order valence-corrected chi connectivity index (χ3v) is 3.29. The Balaban J connectivity index is 2.77. The van der Waals surface area contributed by atoms with Crippen molar-refractivity contribution < 1.29 is 9.53 Å². The molecule has 0 aliphatic heterocycles. The fraction of sp³-hybridized carbons (Fsp3) is 0.500. The maximum absolute atomic E-state index is 12.4. The molecule has 0 saturated carbocycles. The summed E-state index contributed by atoms with van der Waals surface area (Å²) in [6.07, 6.45) is 1.98. The van der Waals surface area contributed by atoms with Crippen molar-refractivity contribution >= 4 is 23.2 Å². The number of carbonyl (C=O) groups excluding carboxylic acids is 1. The number of hydrogen-bond acceptors (Lipinski definition) is 3. The molecule has 21 heavy (non-hydrogen) atoms. The Morgan fingerprint density at radius 1 is 1.19 bits per heavy atom. The SMILES string of the molecule is CCCN(CCC)C(=S)NC(=O)c1ccccc1OCC. The lowest BCUT2D eigenvalue weighted by Crippen LogP contribution is -2.43. The monoisotopic (exact) mass is 308 g/mol. The van der Waals surface area contributed by atoms with E-state index in [2.05, 4.69) is 19.2 Å². The summed E-state index contributed by atoms with van der Waals surface area (Å²) in [7, 11) is 0. The highest BCUT2D eigenvalue weighted by Gasteiger charge is 2.16. The van der Waals surface area contributed by atoms with Crippen LogP contribution in [0.5, 0.6) is 5.75 Å². The van der Waals surface area contributed by atoms with Gasteiger partial charge in [-0.25, -0.2) is 0 Å². The number of benzene rings is 1. The Morgan fingerprint density at radius 2 is 1.81 bits per heavy atom. The van der Waals surface area contributed by atoms with Crippen LogP contribution in [0.3, 0.4) is 0 Å².